The van der Waals surface area contributed by atoms with E-state index in [-0.39, 0.29) is 0 Å². The molecule has 4 rings (SSSR count). The Hall–Kier alpha value is -3.52. The third-order valence-electron chi connectivity index (χ3n) is 5.83. The molecule has 0 aliphatic heterocycles. The van der Waals surface area contributed by atoms with Gasteiger partial charge in [-0.25, -0.2) is 0 Å². The van der Waals surface area contributed by atoms with Gasteiger partial charge in [-0.3, -0.25) is 0 Å². The van der Waals surface area contributed by atoms with Gasteiger partial charge in [-0.2, -0.15) is 0 Å². The zero-order valence-corrected chi connectivity index (χ0v) is 19.3. The van der Waals surface area contributed by atoms with Crippen molar-refractivity contribution in [2.24, 2.45) is 0 Å². The standard InChI is InChI=1S/C30H30O2/c1-5-24-19-27(25-15-11-21(2)12-16-25)28(26-17-13-22(3)14-18-26)30(31-4)29(24)32-20-23-9-7-6-8-10-23/h6-19H,5,20H2,1-4H3. The molecule has 4 aromatic carbocycles. The first-order valence-corrected chi connectivity index (χ1v) is 11.2. The molecular weight excluding hydrogens is 392 g/mol. The SMILES string of the molecule is CCc1cc(-c2ccc(C)cc2)c(-c2ccc(C)cc2)c(OC)c1OCc1ccccc1. The van der Waals surface area contributed by atoms with Crippen LogP contribution in [0.1, 0.15) is 29.2 Å². The maximum atomic E-state index is 6.41. The van der Waals surface area contributed by atoms with Gasteiger partial charge in [0, 0.05) is 5.56 Å². The zero-order chi connectivity index (χ0) is 22.5. The summed E-state index contributed by atoms with van der Waals surface area (Å²) in [5, 5.41) is 0. The average molecular weight is 423 g/mol. The van der Waals surface area contributed by atoms with Gasteiger partial charge in [0.05, 0.1) is 7.11 Å². The van der Waals surface area contributed by atoms with E-state index in [9.17, 15) is 0 Å². The molecule has 0 unspecified atom stereocenters. The normalized spacial score (nSPS) is 10.8. The second-order valence-electron chi connectivity index (χ2n) is 8.18. The summed E-state index contributed by atoms with van der Waals surface area (Å²) in [6, 6.07) is 29.8. The molecule has 0 N–H and O–H groups in total. The van der Waals surface area contributed by atoms with Crippen LogP contribution >= 0.6 is 0 Å². The predicted octanol–water partition coefficient (Wildman–Crippen LogP) is 7.79. The van der Waals surface area contributed by atoms with Gasteiger partial charge in [-0.1, -0.05) is 96.9 Å². The summed E-state index contributed by atoms with van der Waals surface area (Å²) >= 11 is 0. The molecule has 0 amide bonds. The van der Waals surface area contributed by atoms with E-state index in [1.165, 1.54) is 16.7 Å². The van der Waals surface area contributed by atoms with Crippen molar-refractivity contribution < 1.29 is 9.47 Å². The highest BCUT2D eigenvalue weighted by molar-refractivity contribution is 5.90. The summed E-state index contributed by atoms with van der Waals surface area (Å²) < 4.78 is 12.5. The lowest BCUT2D eigenvalue weighted by atomic mass is 9.90. The summed E-state index contributed by atoms with van der Waals surface area (Å²) in [4.78, 5) is 0. The Bertz CT molecular complexity index is 1170. The molecule has 0 saturated carbocycles. The number of methoxy groups -OCH3 is 1. The van der Waals surface area contributed by atoms with E-state index in [0.29, 0.717) is 6.61 Å². The van der Waals surface area contributed by atoms with Gasteiger partial charge < -0.3 is 9.47 Å². The molecule has 0 aliphatic carbocycles. The Balaban J connectivity index is 1.91. The van der Waals surface area contributed by atoms with Gasteiger partial charge in [-0.05, 0) is 54.2 Å². The maximum Gasteiger partial charge on any atom is 0.169 e. The van der Waals surface area contributed by atoms with Crippen molar-refractivity contribution in [1.29, 1.82) is 0 Å². The molecule has 4 aromatic rings. The van der Waals surface area contributed by atoms with E-state index in [1.54, 1.807) is 7.11 Å². The minimum absolute atomic E-state index is 0.501. The molecule has 0 fully saturated rings. The Labute approximate surface area is 191 Å². The smallest absolute Gasteiger partial charge is 0.169 e. The highest BCUT2D eigenvalue weighted by atomic mass is 16.5. The van der Waals surface area contributed by atoms with Crippen molar-refractivity contribution in [2.45, 2.75) is 33.8 Å². The maximum absolute atomic E-state index is 6.41. The third kappa shape index (κ3) is 4.55. The first-order chi connectivity index (χ1) is 15.6. The molecule has 2 nitrogen and oxygen atoms in total. The van der Waals surface area contributed by atoms with Crippen molar-refractivity contribution in [1.82, 2.24) is 0 Å². The van der Waals surface area contributed by atoms with Crippen LogP contribution in [0.5, 0.6) is 11.5 Å². The van der Waals surface area contributed by atoms with Gasteiger partial charge in [0.15, 0.2) is 11.5 Å². The summed E-state index contributed by atoms with van der Waals surface area (Å²) in [5.74, 6) is 1.62. The van der Waals surface area contributed by atoms with Crippen molar-refractivity contribution in [3.05, 3.63) is 107 Å². The van der Waals surface area contributed by atoms with Crippen molar-refractivity contribution >= 4 is 0 Å². The Morgan fingerprint density at radius 2 is 1.28 bits per heavy atom. The van der Waals surface area contributed by atoms with Crippen LogP contribution in [0, 0.1) is 13.8 Å². The summed E-state index contributed by atoms with van der Waals surface area (Å²) in [7, 11) is 1.74. The van der Waals surface area contributed by atoms with Crippen molar-refractivity contribution in [3.8, 4) is 33.8 Å². The van der Waals surface area contributed by atoms with Crippen LogP contribution in [0.15, 0.2) is 84.9 Å². The van der Waals surface area contributed by atoms with Crippen LogP contribution in [0.3, 0.4) is 0 Å². The van der Waals surface area contributed by atoms with Gasteiger partial charge >= 0.3 is 0 Å². The number of rotatable bonds is 7. The summed E-state index contributed by atoms with van der Waals surface area (Å²) in [6.45, 7) is 6.88. The Morgan fingerprint density at radius 3 is 1.84 bits per heavy atom. The highest BCUT2D eigenvalue weighted by Gasteiger charge is 2.22. The van der Waals surface area contributed by atoms with Gasteiger partial charge in [0.1, 0.15) is 6.61 Å². The van der Waals surface area contributed by atoms with Gasteiger partial charge in [-0.15, -0.1) is 0 Å². The first-order valence-electron chi connectivity index (χ1n) is 11.2. The fourth-order valence-corrected chi connectivity index (χ4v) is 4.01. The Kier molecular flexibility index (Phi) is 6.61. The number of hydrogen-bond donors (Lipinski definition) is 0. The zero-order valence-electron chi connectivity index (χ0n) is 19.3. The molecular formula is C30H30O2. The van der Waals surface area contributed by atoms with Crippen LogP contribution in [-0.2, 0) is 13.0 Å². The molecule has 0 spiro atoms. The molecule has 0 atom stereocenters. The van der Waals surface area contributed by atoms with Crippen molar-refractivity contribution in [2.75, 3.05) is 7.11 Å². The molecule has 0 saturated heterocycles. The second-order valence-corrected chi connectivity index (χ2v) is 8.18. The molecule has 0 heterocycles. The lowest BCUT2D eigenvalue weighted by molar-refractivity contribution is 0.282. The highest BCUT2D eigenvalue weighted by Crippen LogP contribution is 2.47. The molecule has 32 heavy (non-hydrogen) atoms. The van der Waals surface area contributed by atoms with E-state index in [1.807, 2.05) is 18.2 Å². The monoisotopic (exact) mass is 422 g/mol. The lowest BCUT2D eigenvalue weighted by Crippen LogP contribution is -2.03. The largest absolute Gasteiger partial charge is 0.492 e. The minimum atomic E-state index is 0.501. The van der Waals surface area contributed by atoms with Crippen LogP contribution < -0.4 is 9.47 Å². The fourth-order valence-electron chi connectivity index (χ4n) is 4.01. The summed E-state index contributed by atoms with van der Waals surface area (Å²) in [5.41, 5.74) is 9.28. The van der Waals surface area contributed by atoms with Gasteiger partial charge in [0.2, 0.25) is 0 Å². The number of ether oxygens (including phenoxy) is 2. The first kappa shape index (κ1) is 21.7. The Morgan fingerprint density at radius 1 is 0.688 bits per heavy atom. The molecule has 2 heteroatoms. The molecule has 0 aliphatic rings. The number of benzene rings is 4. The lowest BCUT2D eigenvalue weighted by Gasteiger charge is -2.22. The minimum Gasteiger partial charge on any atom is -0.492 e. The topological polar surface area (TPSA) is 18.5 Å². The van der Waals surface area contributed by atoms with E-state index in [4.69, 9.17) is 9.47 Å². The number of aryl methyl sites for hydroxylation is 3. The quantitative estimate of drug-likeness (QED) is 0.303. The molecule has 0 aromatic heterocycles. The third-order valence-corrected chi connectivity index (χ3v) is 5.83. The van der Waals surface area contributed by atoms with E-state index in [0.717, 1.165) is 45.7 Å². The summed E-state index contributed by atoms with van der Waals surface area (Å²) in [6.07, 6.45) is 0.855. The van der Waals surface area contributed by atoms with Crippen LogP contribution in [0.4, 0.5) is 0 Å². The van der Waals surface area contributed by atoms with Crippen LogP contribution in [-0.4, -0.2) is 7.11 Å². The van der Waals surface area contributed by atoms with E-state index >= 15 is 0 Å². The second kappa shape index (κ2) is 9.74. The average Bonchev–Trinajstić information content (AvgIpc) is 2.83. The number of hydrogen-bond acceptors (Lipinski definition) is 2. The fraction of sp³-hybridized carbons (Fsp3) is 0.200. The predicted molar refractivity (Wildman–Crippen MR) is 133 cm³/mol. The molecule has 0 bridgehead atoms. The van der Waals surface area contributed by atoms with E-state index in [2.05, 4.69) is 87.5 Å². The van der Waals surface area contributed by atoms with Crippen molar-refractivity contribution in [3.63, 3.8) is 0 Å². The van der Waals surface area contributed by atoms with Crippen LogP contribution in [0.2, 0.25) is 0 Å². The van der Waals surface area contributed by atoms with Crippen LogP contribution in [0.25, 0.3) is 22.3 Å². The molecule has 162 valence electrons. The van der Waals surface area contributed by atoms with E-state index < -0.39 is 0 Å². The molecule has 0 radical (unpaired) electrons. The van der Waals surface area contributed by atoms with Gasteiger partial charge in [0.25, 0.3) is 0 Å².